The van der Waals surface area contributed by atoms with Gasteiger partial charge >= 0.3 is 0 Å². The predicted molar refractivity (Wildman–Crippen MR) is 97.6 cm³/mol. The molecule has 0 amide bonds. The third-order valence-electron chi connectivity index (χ3n) is 4.17. The Bertz CT molecular complexity index is 778. The van der Waals surface area contributed by atoms with Crippen molar-refractivity contribution in [2.75, 3.05) is 7.11 Å². The molecule has 24 heavy (non-hydrogen) atoms. The van der Waals surface area contributed by atoms with Gasteiger partial charge in [-0.3, -0.25) is 0 Å². The summed E-state index contributed by atoms with van der Waals surface area (Å²) in [5, 5.41) is 0.744. The Labute approximate surface area is 147 Å². The monoisotopic (exact) mass is 339 g/mol. The zero-order valence-corrected chi connectivity index (χ0v) is 14.4. The first-order valence-electron chi connectivity index (χ1n) is 7.89. The standard InChI is InChI=1S/C20H20ClN2O/c1-3-19(16-6-8-17(21)9-7-16)20-12-22-14-23(20)13-15-4-10-18(24-2)11-5-15/h4-12,14,19H,1,3,13H2,2H3. The molecule has 1 atom stereocenters. The van der Waals surface area contributed by atoms with Gasteiger partial charge in [0.25, 0.3) is 0 Å². The summed E-state index contributed by atoms with van der Waals surface area (Å²) in [4.78, 5) is 4.35. The molecule has 0 saturated heterocycles. The molecule has 0 fully saturated rings. The summed E-state index contributed by atoms with van der Waals surface area (Å²) >= 11 is 6.00. The molecular weight excluding hydrogens is 320 g/mol. The molecule has 1 aromatic heterocycles. The normalized spacial score (nSPS) is 12.1. The van der Waals surface area contributed by atoms with Crippen molar-refractivity contribution in [3.63, 3.8) is 0 Å². The molecule has 123 valence electrons. The van der Waals surface area contributed by atoms with Crippen LogP contribution in [0.5, 0.6) is 5.75 Å². The second-order valence-corrected chi connectivity index (χ2v) is 6.12. The van der Waals surface area contributed by atoms with Gasteiger partial charge in [-0.05, 0) is 41.8 Å². The van der Waals surface area contributed by atoms with Crippen molar-refractivity contribution in [3.05, 3.63) is 89.8 Å². The van der Waals surface area contributed by atoms with E-state index < -0.39 is 0 Å². The lowest BCUT2D eigenvalue weighted by Crippen LogP contribution is -2.09. The Balaban J connectivity index is 1.86. The molecule has 3 aromatic rings. The van der Waals surface area contributed by atoms with Crippen LogP contribution in [0.1, 0.15) is 29.2 Å². The van der Waals surface area contributed by atoms with Crippen LogP contribution >= 0.6 is 11.6 Å². The molecule has 1 radical (unpaired) electrons. The van der Waals surface area contributed by atoms with Crippen LogP contribution in [-0.4, -0.2) is 16.7 Å². The Kier molecular flexibility index (Phi) is 5.21. The number of hydrogen-bond donors (Lipinski definition) is 0. The summed E-state index contributed by atoms with van der Waals surface area (Å²) in [6, 6.07) is 16.1. The van der Waals surface area contributed by atoms with Crippen LogP contribution in [0.2, 0.25) is 5.02 Å². The highest BCUT2D eigenvalue weighted by Gasteiger charge is 2.16. The van der Waals surface area contributed by atoms with Crippen molar-refractivity contribution >= 4 is 11.6 Å². The lowest BCUT2D eigenvalue weighted by Gasteiger charge is -2.18. The minimum atomic E-state index is 0.197. The van der Waals surface area contributed by atoms with Gasteiger partial charge in [-0.2, -0.15) is 0 Å². The minimum Gasteiger partial charge on any atom is -0.497 e. The topological polar surface area (TPSA) is 27.1 Å². The number of ether oxygens (including phenoxy) is 1. The number of nitrogens with zero attached hydrogens (tertiary/aromatic N) is 2. The zero-order chi connectivity index (χ0) is 16.9. The van der Waals surface area contributed by atoms with Gasteiger partial charge in [-0.1, -0.05) is 42.8 Å². The SMILES string of the molecule is [CH2]CC(c1ccc(Cl)cc1)c1cncn1Cc1ccc(OC)cc1. The number of aromatic nitrogens is 2. The third kappa shape index (κ3) is 3.62. The molecule has 3 nitrogen and oxygen atoms in total. The average molecular weight is 340 g/mol. The molecule has 0 saturated carbocycles. The molecule has 0 spiro atoms. The molecule has 2 aromatic carbocycles. The Morgan fingerprint density at radius 2 is 1.83 bits per heavy atom. The maximum Gasteiger partial charge on any atom is 0.118 e. The molecule has 0 N–H and O–H groups in total. The van der Waals surface area contributed by atoms with E-state index in [2.05, 4.69) is 40.7 Å². The highest BCUT2D eigenvalue weighted by molar-refractivity contribution is 6.30. The first-order chi connectivity index (χ1) is 11.7. The Morgan fingerprint density at radius 3 is 2.46 bits per heavy atom. The fourth-order valence-electron chi connectivity index (χ4n) is 2.86. The van der Waals surface area contributed by atoms with E-state index in [0.29, 0.717) is 0 Å². The number of hydrogen-bond acceptors (Lipinski definition) is 2. The largest absolute Gasteiger partial charge is 0.497 e. The van der Waals surface area contributed by atoms with Gasteiger partial charge in [0.15, 0.2) is 0 Å². The summed E-state index contributed by atoms with van der Waals surface area (Å²) in [6.45, 7) is 4.89. The van der Waals surface area contributed by atoms with E-state index in [0.717, 1.165) is 29.4 Å². The van der Waals surface area contributed by atoms with Gasteiger partial charge in [0.1, 0.15) is 5.75 Å². The van der Waals surface area contributed by atoms with E-state index in [1.165, 1.54) is 11.1 Å². The molecule has 1 unspecified atom stereocenters. The molecule has 0 aliphatic carbocycles. The lowest BCUT2D eigenvalue weighted by molar-refractivity contribution is 0.414. The summed E-state index contributed by atoms with van der Waals surface area (Å²) in [5.74, 6) is 1.06. The van der Waals surface area contributed by atoms with Crippen molar-refractivity contribution in [2.45, 2.75) is 18.9 Å². The van der Waals surface area contributed by atoms with E-state index in [1.54, 1.807) is 7.11 Å². The third-order valence-corrected chi connectivity index (χ3v) is 4.43. The van der Waals surface area contributed by atoms with Gasteiger partial charge < -0.3 is 9.30 Å². The molecular formula is C20H20ClN2O. The number of halogens is 1. The quantitative estimate of drug-likeness (QED) is 0.635. The Morgan fingerprint density at radius 1 is 1.12 bits per heavy atom. The molecule has 1 heterocycles. The second-order valence-electron chi connectivity index (χ2n) is 5.69. The highest BCUT2D eigenvalue weighted by Crippen LogP contribution is 2.29. The first kappa shape index (κ1) is 16.6. The lowest BCUT2D eigenvalue weighted by atomic mass is 9.93. The molecule has 0 aliphatic heterocycles. The van der Waals surface area contributed by atoms with Crippen molar-refractivity contribution in [1.29, 1.82) is 0 Å². The summed E-state index contributed by atoms with van der Waals surface area (Å²) in [7, 11) is 1.67. The molecule has 0 aliphatic rings. The van der Waals surface area contributed by atoms with Crippen LogP contribution in [0.15, 0.2) is 61.1 Å². The predicted octanol–water partition coefficient (Wildman–Crippen LogP) is 4.95. The van der Waals surface area contributed by atoms with Crippen molar-refractivity contribution in [3.8, 4) is 5.75 Å². The summed E-state index contributed by atoms with van der Waals surface area (Å²) in [5.41, 5.74) is 3.56. The maximum absolute atomic E-state index is 6.00. The van der Waals surface area contributed by atoms with Crippen LogP contribution in [0, 0.1) is 6.92 Å². The van der Waals surface area contributed by atoms with Crippen LogP contribution in [-0.2, 0) is 6.54 Å². The fourth-order valence-corrected chi connectivity index (χ4v) is 2.99. The van der Waals surface area contributed by atoms with Crippen molar-refractivity contribution in [2.24, 2.45) is 0 Å². The number of methoxy groups -OCH3 is 1. The number of imidazole rings is 1. The molecule has 4 heteroatoms. The van der Waals surface area contributed by atoms with Gasteiger partial charge in [0.2, 0.25) is 0 Å². The van der Waals surface area contributed by atoms with Gasteiger partial charge in [0, 0.05) is 29.4 Å². The fraction of sp³-hybridized carbons (Fsp3) is 0.200. The van der Waals surface area contributed by atoms with E-state index in [1.807, 2.05) is 36.8 Å². The number of benzene rings is 2. The molecule has 0 bridgehead atoms. The van der Waals surface area contributed by atoms with Gasteiger partial charge in [-0.25, -0.2) is 4.98 Å². The van der Waals surface area contributed by atoms with E-state index >= 15 is 0 Å². The smallest absolute Gasteiger partial charge is 0.118 e. The van der Waals surface area contributed by atoms with Crippen LogP contribution in [0.4, 0.5) is 0 Å². The van der Waals surface area contributed by atoms with E-state index in [9.17, 15) is 0 Å². The second kappa shape index (κ2) is 7.54. The zero-order valence-electron chi connectivity index (χ0n) is 13.7. The highest BCUT2D eigenvalue weighted by atomic mass is 35.5. The number of rotatable bonds is 6. The van der Waals surface area contributed by atoms with Gasteiger partial charge in [0.05, 0.1) is 13.4 Å². The van der Waals surface area contributed by atoms with Crippen molar-refractivity contribution < 1.29 is 4.74 Å². The summed E-state index contributed by atoms with van der Waals surface area (Å²) in [6.07, 6.45) is 4.56. The van der Waals surface area contributed by atoms with E-state index in [-0.39, 0.29) is 5.92 Å². The van der Waals surface area contributed by atoms with Crippen molar-refractivity contribution in [1.82, 2.24) is 9.55 Å². The summed E-state index contributed by atoms with van der Waals surface area (Å²) < 4.78 is 7.39. The maximum atomic E-state index is 6.00. The van der Waals surface area contributed by atoms with Crippen LogP contribution in [0.3, 0.4) is 0 Å². The minimum absolute atomic E-state index is 0.197. The van der Waals surface area contributed by atoms with E-state index in [4.69, 9.17) is 16.3 Å². The van der Waals surface area contributed by atoms with Gasteiger partial charge in [-0.15, -0.1) is 0 Å². The average Bonchev–Trinajstić information content (AvgIpc) is 3.06. The Hall–Kier alpha value is -2.26. The van der Waals surface area contributed by atoms with Crippen LogP contribution in [0.25, 0.3) is 0 Å². The molecule has 3 rings (SSSR count). The first-order valence-corrected chi connectivity index (χ1v) is 8.26. The van der Waals surface area contributed by atoms with Crippen LogP contribution < -0.4 is 4.74 Å².